The lowest BCUT2D eigenvalue weighted by molar-refractivity contribution is 0.209. The number of carbonyl (C=O) groups is 1. The summed E-state index contributed by atoms with van der Waals surface area (Å²) in [6.45, 7) is 7.07. The van der Waals surface area contributed by atoms with Crippen LogP contribution in [0.15, 0.2) is 36.4 Å². The van der Waals surface area contributed by atoms with Crippen LogP contribution in [0.25, 0.3) is 0 Å². The number of carbonyl (C=O) groups excluding carboxylic acids is 1. The third-order valence-electron chi connectivity index (χ3n) is 3.56. The highest BCUT2D eigenvalue weighted by atomic mass is 16.2. The molecule has 3 heteroatoms. The molecule has 0 saturated heterocycles. The van der Waals surface area contributed by atoms with Crippen molar-refractivity contribution in [3.05, 3.63) is 42.0 Å². The van der Waals surface area contributed by atoms with E-state index in [1.165, 1.54) is 5.56 Å². The van der Waals surface area contributed by atoms with Crippen LogP contribution < -0.4 is 5.32 Å². The molecule has 0 fully saturated rings. The van der Waals surface area contributed by atoms with E-state index in [0.29, 0.717) is 12.5 Å². The van der Waals surface area contributed by atoms with E-state index in [9.17, 15) is 4.79 Å². The van der Waals surface area contributed by atoms with Gasteiger partial charge in [-0.15, -0.1) is 0 Å². The summed E-state index contributed by atoms with van der Waals surface area (Å²) in [6, 6.07) is 8.23. The number of hydrogen-bond donors (Lipinski definition) is 1. The van der Waals surface area contributed by atoms with Crippen LogP contribution in [0.4, 0.5) is 10.5 Å². The molecule has 19 heavy (non-hydrogen) atoms. The summed E-state index contributed by atoms with van der Waals surface area (Å²) in [5.41, 5.74) is 2.10. The second kappa shape index (κ2) is 5.91. The van der Waals surface area contributed by atoms with Crippen LogP contribution in [0, 0.1) is 0 Å². The van der Waals surface area contributed by atoms with Crippen LogP contribution in [0.1, 0.15) is 38.7 Å². The maximum Gasteiger partial charge on any atom is 0.322 e. The summed E-state index contributed by atoms with van der Waals surface area (Å²) in [5.74, 6) is 0.398. The molecule has 1 aliphatic heterocycles. The number of anilines is 1. The van der Waals surface area contributed by atoms with E-state index in [4.69, 9.17) is 0 Å². The Bertz CT molecular complexity index is 479. The number of nitrogens with zero attached hydrogens (tertiary/aromatic N) is 1. The first-order valence-corrected chi connectivity index (χ1v) is 6.96. The highest BCUT2D eigenvalue weighted by Gasteiger charge is 2.23. The van der Waals surface area contributed by atoms with E-state index in [0.717, 1.165) is 12.1 Å². The summed E-state index contributed by atoms with van der Waals surface area (Å²) in [7, 11) is 0. The van der Waals surface area contributed by atoms with Gasteiger partial charge < -0.3 is 10.2 Å². The number of urea groups is 1. The molecule has 1 aliphatic rings. The van der Waals surface area contributed by atoms with E-state index in [2.05, 4.69) is 44.3 Å². The van der Waals surface area contributed by atoms with Crippen LogP contribution >= 0.6 is 0 Å². The van der Waals surface area contributed by atoms with Crippen molar-refractivity contribution in [3.8, 4) is 0 Å². The molecular formula is C16H22N2O. The quantitative estimate of drug-likeness (QED) is 0.817. The van der Waals surface area contributed by atoms with Crippen LogP contribution in [0.2, 0.25) is 0 Å². The Labute approximate surface area is 115 Å². The zero-order valence-electron chi connectivity index (χ0n) is 11.9. The van der Waals surface area contributed by atoms with Crippen molar-refractivity contribution in [2.24, 2.45) is 0 Å². The topological polar surface area (TPSA) is 32.3 Å². The molecule has 0 saturated carbocycles. The van der Waals surface area contributed by atoms with Gasteiger partial charge in [0.15, 0.2) is 0 Å². The van der Waals surface area contributed by atoms with Crippen LogP contribution in [0.5, 0.6) is 0 Å². The van der Waals surface area contributed by atoms with Crippen molar-refractivity contribution in [1.82, 2.24) is 4.90 Å². The lowest BCUT2D eigenvalue weighted by Gasteiger charge is -2.25. The van der Waals surface area contributed by atoms with Crippen LogP contribution in [0.3, 0.4) is 0 Å². The molecule has 102 valence electrons. The van der Waals surface area contributed by atoms with Crippen molar-refractivity contribution < 1.29 is 4.79 Å². The van der Waals surface area contributed by atoms with Crippen molar-refractivity contribution >= 4 is 11.7 Å². The predicted molar refractivity (Wildman–Crippen MR) is 79.5 cm³/mol. The van der Waals surface area contributed by atoms with Crippen molar-refractivity contribution in [2.75, 3.05) is 11.9 Å². The molecule has 0 radical (unpaired) electrons. The number of amides is 2. The smallest absolute Gasteiger partial charge is 0.314 e. The van der Waals surface area contributed by atoms with Crippen molar-refractivity contribution in [1.29, 1.82) is 0 Å². The highest BCUT2D eigenvalue weighted by molar-refractivity contribution is 5.91. The molecule has 1 aromatic rings. The van der Waals surface area contributed by atoms with E-state index in [1.807, 2.05) is 23.1 Å². The number of rotatable bonds is 3. The SMILES string of the molecule is CCC1C=CCN1C(=O)Nc1ccccc1C(C)C. The molecule has 1 N–H and O–H groups in total. The summed E-state index contributed by atoms with van der Waals surface area (Å²) in [5, 5.41) is 3.05. The fourth-order valence-electron chi connectivity index (χ4n) is 2.46. The Balaban J connectivity index is 2.11. The molecule has 0 aromatic heterocycles. The van der Waals surface area contributed by atoms with E-state index in [1.54, 1.807) is 0 Å². The normalized spacial score (nSPS) is 18.1. The fraction of sp³-hybridized carbons (Fsp3) is 0.438. The Kier molecular flexibility index (Phi) is 4.25. The second-order valence-electron chi connectivity index (χ2n) is 5.23. The zero-order chi connectivity index (χ0) is 13.8. The number of nitrogens with one attached hydrogen (secondary N) is 1. The molecule has 2 amide bonds. The Hall–Kier alpha value is -1.77. The van der Waals surface area contributed by atoms with E-state index in [-0.39, 0.29) is 12.1 Å². The van der Waals surface area contributed by atoms with Gasteiger partial charge in [-0.2, -0.15) is 0 Å². The summed E-state index contributed by atoms with van der Waals surface area (Å²) < 4.78 is 0. The average Bonchev–Trinajstić information content (AvgIpc) is 2.87. The van der Waals surface area contributed by atoms with Gasteiger partial charge in [-0.25, -0.2) is 4.79 Å². The fourth-order valence-corrected chi connectivity index (χ4v) is 2.46. The molecule has 0 aliphatic carbocycles. The summed E-state index contributed by atoms with van der Waals surface area (Å²) >= 11 is 0. The summed E-state index contributed by atoms with van der Waals surface area (Å²) in [6.07, 6.45) is 5.12. The van der Waals surface area contributed by atoms with Crippen LogP contribution in [-0.2, 0) is 0 Å². The molecule has 1 unspecified atom stereocenters. The Morgan fingerprint density at radius 3 is 2.84 bits per heavy atom. The first-order valence-electron chi connectivity index (χ1n) is 6.96. The minimum absolute atomic E-state index is 0.00931. The monoisotopic (exact) mass is 258 g/mol. The van der Waals surface area contributed by atoms with Gasteiger partial charge in [-0.1, -0.05) is 51.1 Å². The van der Waals surface area contributed by atoms with Gasteiger partial charge in [-0.3, -0.25) is 0 Å². The molecule has 2 rings (SSSR count). The third kappa shape index (κ3) is 2.98. The Morgan fingerprint density at radius 1 is 1.42 bits per heavy atom. The standard InChI is InChI=1S/C16H22N2O/c1-4-13-8-7-11-18(13)16(19)17-15-10-6-5-9-14(15)12(2)3/h5-10,12-13H,4,11H2,1-3H3,(H,17,19). The van der Waals surface area contributed by atoms with Gasteiger partial charge in [0.1, 0.15) is 0 Å². The minimum atomic E-state index is -0.00931. The lowest BCUT2D eigenvalue weighted by Crippen LogP contribution is -2.39. The highest BCUT2D eigenvalue weighted by Crippen LogP contribution is 2.24. The molecule has 0 bridgehead atoms. The van der Waals surface area contributed by atoms with Crippen LogP contribution in [-0.4, -0.2) is 23.5 Å². The maximum absolute atomic E-state index is 12.3. The average molecular weight is 258 g/mol. The second-order valence-corrected chi connectivity index (χ2v) is 5.23. The van der Waals surface area contributed by atoms with Gasteiger partial charge in [0.2, 0.25) is 0 Å². The van der Waals surface area contributed by atoms with Gasteiger partial charge in [0.25, 0.3) is 0 Å². The van der Waals surface area contributed by atoms with Gasteiger partial charge >= 0.3 is 6.03 Å². The molecular weight excluding hydrogens is 236 g/mol. The maximum atomic E-state index is 12.3. The number of para-hydroxylation sites is 1. The predicted octanol–water partition coefficient (Wildman–Crippen LogP) is 3.99. The largest absolute Gasteiger partial charge is 0.322 e. The third-order valence-corrected chi connectivity index (χ3v) is 3.56. The van der Waals surface area contributed by atoms with Gasteiger partial charge in [-0.05, 0) is 24.0 Å². The minimum Gasteiger partial charge on any atom is -0.314 e. The first kappa shape index (κ1) is 13.7. The first-order chi connectivity index (χ1) is 9.13. The molecule has 1 heterocycles. The summed E-state index contributed by atoms with van der Waals surface area (Å²) in [4.78, 5) is 14.2. The lowest BCUT2D eigenvalue weighted by atomic mass is 10.0. The van der Waals surface area contributed by atoms with Gasteiger partial charge in [0.05, 0.1) is 6.04 Å². The van der Waals surface area contributed by atoms with E-state index < -0.39 is 0 Å². The zero-order valence-corrected chi connectivity index (χ0v) is 11.9. The number of benzene rings is 1. The number of hydrogen-bond acceptors (Lipinski definition) is 1. The van der Waals surface area contributed by atoms with Crippen molar-refractivity contribution in [2.45, 2.75) is 39.2 Å². The van der Waals surface area contributed by atoms with Gasteiger partial charge in [0, 0.05) is 12.2 Å². The molecule has 1 aromatic carbocycles. The Morgan fingerprint density at radius 2 is 2.16 bits per heavy atom. The molecule has 0 spiro atoms. The van der Waals surface area contributed by atoms with Crippen molar-refractivity contribution in [3.63, 3.8) is 0 Å². The van der Waals surface area contributed by atoms with E-state index >= 15 is 0 Å². The molecule has 1 atom stereocenters. The molecule has 3 nitrogen and oxygen atoms in total.